The number of rotatable bonds is 6. The molecule has 0 atom stereocenters. The van der Waals surface area contributed by atoms with Crippen LogP contribution in [0, 0.1) is 5.82 Å². The van der Waals surface area contributed by atoms with Gasteiger partial charge >= 0.3 is 5.97 Å². The highest BCUT2D eigenvalue weighted by Crippen LogP contribution is 2.16. The summed E-state index contributed by atoms with van der Waals surface area (Å²) in [5.41, 5.74) is -0.196. The summed E-state index contributed by atoms with van der Waals surface area (Å²) in [4.78, 5) is 22.2. The number of nitrogens with one attached hydrogen (secondary N) is 1. The van der Waals surface area contributed by atoms with Gasteiger partial charge in [-0.15, -0.1) is 11.6 Å². The van der Waals surface area contributed by atoms with Crippen molar-refractivity contribution in [1.29, 1.82) is 0 Å². The lowest BCUT2D eigenvalue weighted by Crippen LogP contribution is -2.13. The largest absolute Gasteiger partial charge is 0.478 e. The topological polar surface area (TPSA) is 66.4 Å². The SMILES string of the molecule is O=C(CCCCCl)Nc1cc(C(=O)O)ccc1F. The van der Waals surface area contributed by atoms with Crippen LogP contribution in [0.5, 0.6) is 0 Å². The maximum atomic E-state index is 13.4. The number of halogens is 2. The minimum absolute atomic E-state index is 0.0764. The second kappa shape index (κ2) is 6.96. The molecule has 2 N–H and O–H groups in total. The van der Waals surface area contributed by atoms with Gasteiger partial charge in [0.25, 0.3) is 0 Å². The van der Waals surface area contributed by atoms with Gasteiger partial charge in [-0.05, 0) is 31.0 Å². The highest BCUT2D eigenvalue weighted by Gasteiger charge is 2.10. The number of carboxylic acid groups (broad SMARTS) is 1. The fourth-order valence-electron chi connectivity index (χ4n) is 1.35. The van der Waals surface area contributed by atoms with Gasteiger partial charge in [-0.2, -0.15) is 0 Å². The van der Waals surface area contributed by atoms with Gasteiger partial charge in [-0.1, -0.05) is 0 Å². The molecule has 1 aromatic rings. The molecule has 0 aromatic heterocycles. The first-order valence-electron chi connectivity index (χ1n) is 5.43. The van der Waals surface area contributed by atoms with Crippen molar-refractivity contribution < 1.29 is 19.1 Å². The van der Waals surface area contributed by atoms with Crippen LogP contribution in [0.2, 0.25) is 0 Å². The molecule has 6 heteroatoms. The highest BCUT2D eigenvalue weighted by atomic mass is 35.5. The third kappa shape index (κ3) is 4.33. The number of carbonyl (C=O) groups excluding carboxylic acids is 1. The number of hydrogen-bond acceptors (Lipinski definition) is 2. The van der Waals surface area contributed by atoms with Gasteiger partial charge in [0.05, 0.1) is 11.3 Å². The number of benzene rings is 1. The number of aromatic carboxylic acids is 1. The number of anilines is 1. The van der Waals surface area contributed by atoms with Gasteiger partial charge in [0.15, 0.2) is 0 Å². The Morgan fingerprint density at radius 2 is 2.06 bits per heavy atom. The van der Waals surface area contributed by atoms with E-state index in [2.05, 4.69) is 5.32 Å². The summed E-state index contributed by atoms with van der Waals surface area (Å²) in [6.45, 7) is 0. The summed E-state index contributed by atoms with van der Waals surface area (Å²) in [5, 5.41) is 11.1. The van der Waals surface area contributed by atoms with Crippen LogP contribution in [0.15, 0.2) is 18.2 Å². The monoisotopic (exact) mass is 273 g/mol. The Hall–Kier alpha value is -1.62. The zero-order valence-electron chi connectivity index (χ0n) is 9.58. The molecule has 0 radical (unpaired) electrons. The van der Waals surface area contributed by atoms with E-state index in [9.17, 15) is 14.0 Å². The van der Waals surface area contributed by atoms with Crippen molar-refractivity contribution in [3.05, 3.63) is 29.6 Å². The molecule has 1 rings (SSSR count). The van der Waals surface area contributed by atoms with Crippen LogP contribution < -0.4 is 5.32 Å². The number of carboxylic acids is 1. The van der Waals surface area contributed by atoms with Crippen molar-refractivity contribution in [2.45, 2.75) is 19.3 Å². The maximum Gasteiger partial charge on any atom is 0.335 e. The average Bonchev–Trinajstić information content (AvgIpc) is 2.32. The lowest BCUT2D eigenvalue weighted by molar-refractivity contribution is -0.116. The van der Waals surface area contributed by atoms with Gasteiger partial charge in [-0.3, -0.25) is 4.79 Å². The normalized spacial score (nSPS) is 10.1. The second-order valence-electron chi connectivity index (χ2n) is 3.69. The Labute approximate surface area is 109 Å². The number of unbranched alkanes of at least 4 members (excludes halogenated alkanes) is 1. The van der Waals surface area contributed by atoms with Crippen LogP contribution in [0.25, 0.3) is 0 Å². The van der Waals surface area contributed by atoms with Crippen LogP contribution in [0.1, 0.15) is 29.6 Å². The summed E-state index contributed by atoms with van der Waals surface area (Å²) in [7, 11) is 0. The minimum atomic E-state index is -1.17. The summed E-state index contributed by atoms with van der Waals surface area (Å²) < 4.78 is 13.4. The standard InChI is InChI=1S/C12H13ClFNO3/c13-6-2-1-3-11(16)15-10-7-8(12(17)18)4-5-9(10)14/h4-5,7H,1-3,6H2,(H,15,16)(H,17,18). The third-order valence-corrected chi connectivity index (χ3v) is 2.54. The van der Waals surface area contributed by atoms with Gasteiger partial charge in [0.2, 0.25) is 5.91 Å². The molecule has 0 aliphatic heterocycles. The highest BCUT2D eigenvalue weighted by molar-refractivity contribution is 6.17. The second-order valence-corrected chi connectivity index (χ2v) is 4.07. The first kappa shape index (κ1) is 14.4. The molecular weight excluding hydrogens is 261 g/mol. The van der Waals surface area contributed by atoms with Gasteiger partial charge in [-0.25, -0.2) is 9.18 Å². The van der Waals surface area contributed by atoms with Crippen molar-refractivity contribution in [2.75, 3.05) is 11.2 Å². The average molecular weight is 274 g/mol. The van der Waals surface area contributed by atoms with Gasteiger partial charge in [0.1, 0.15) is 5.82 Å². The molecule has 0 spiro atoms. The van der Waals surface area contributed by atoms with Gasteiger partial charge in [0, 0.05) is 12.3 Å². The van der Waals surface area contributed by atoms with Crippen molar-refractivity contribution in [3.8, 4) is 0 Å². The summed E-state index contributed by atoms with van der Waals surface area (Å²) in [5.74, 6) is -1.73. The Balaban J connectivity index is 2.68. The van der Waals surface area contributed by atoms with Crippen LogP contribution in [-0.2, 0) is 4.79 Å². The number of amides is 1. The molecule has 0 aliphatic carbocycles. The zero-order valence-corrected chi connectivity index (χ0v) is 10.3. The summed E-state index contributed by atoms with van der Waals surface area (Å²) >= 11 is 5.47. The van der Waals surface area contributed by atoms with E-state index in [0.29, 0.717) is 18.7 Å². The van der Waals surface area contributed by atoms with E-state index in [0.717, 1.165) is 18.2 Å². The van der Waals surface area contributed by atoms with Crippen molar-refractivity contribution in [3.63, 3.8) is 0 Å². The Kier molecular flexibility index (Phi) is 5.58. The Morgan fingerprint density at radius 3 is 2.67 bits per heavy atom. The molecule has 0 unspecified atom stereocenters. The molecule has 0 saturated heterocycles. The summed E-state index contributed by atoms with van der Waals surface area (Å²) in [6, 6.07) is 3.25. The fraction of sp³-hybridized carbons (Fsp3) is 0.333. The number of alkyl halides is 1. The molecule has 98 valence electrons. The Bertz CT molecular complexity index is 451. The zero-order chi connectivity index (χ0) is 13.5. The van der Waals surface area contributed by atoms with E-state index >= 15 is 0 Å². The van der Waals surface area contributed by atoms with Crippen molar-refractivity contribution in [1.82, 2.24) is 0 Å². The molecule has 0 saturated carbocycles. The van der Waals surface area contributed by atoms with E-state index in [4.69, 9.17) is 16.7 Å². The van der Waals surface area contributed by atoms with Crippen LogP contribution >= 0.6 is 11.6 Å². The van der Waals surface area contributed by atoms with Crippen molar-refractivity contribution >= 4 is 29.2 Å². The van der Waals surface area contributed by atoms with Crippen molar-refractivity contribution in [2.24, 2.45) is 0 Å². The minimum Gasteiger partial charge on any atom is -0.478 e. The molecule has 4 nitrogen and oxygen atoms in total. The molecule has 0 bridgehead atoms. The van der Waals surface area contributed by atoms with Crippen LogP contribution in [0.4, 0.5) is 10.1 Å². The predicted octanol–water partition coefficient (Wildman–Crippen LogP) is 2.87. The Morgan fingerprint density at radius 1 is 1.33 bits per heavy atom. The lowest BCUT2D eigenvalue weighted by atomic mass is 10.2. The first-order chi connectivity index (χ1) is 8.54. The van der Waals surface area contributed by atoms with Crippen LogP contribution in [0.3, 0.4) is 0 Å². The molecule has 1 amide bonds. The van der Waals surface area contributed by atoms with E-state index < -0.39 is 11.8 Å². The lowest BCUT2D eigenvalue weighted by Gasteiger charge is -2.07. The number of carbonyl (C=O) groups is 2. The first-order valence-corrected chi connectivity index (χ1v) is 5.96. The van der Waals surface area contributed by atoms with E-state index in [1.807, 2.05) is 0 Å². The molecule has 18 heavy (non-hydrogen) atoms. The van der Waals surface area contributed by atoms with E-state index in [1.165, 1.54) is 0 Å². The van der Waals surface area contributed by atoms with E-state index in [1.54, 1.807) is 0 Å². The summed E-state index contributed by atoms with van der Waals surface area (Å²) in [6.07, 6.45) is 1.53. The van der Waals surface area contributed by atoms with E-state index in [-0.39, 0.29) is 23.6 Å². The van der Waals surface area contributed by atoms with Crippen LogP contribution in [-0.4, -0.2) is 22.9 Å². The molecular formula is C12H13ClFNO3. The molecule has 1 aromatic carbocycles. The van der Waals surface area contributed by atoms with Gasteiger partial charge < -0.3 is 10.4 Å². The number of hydrogen-bond donors (Lipinski definition) is 2. The quantitative estimate of drug-likeness (QED) is 0.619. The smallest absolute Gasteiger partial charge is 0.335 e. The maximum absolute atomic E-state index is 13.4. The molecule has 0 aliphatic rings. The third-order valence-electron chi connectivity index (χ3n) is 2.27. The molecule has 0 heterocycles. The fourth-order valence-corrected chi connectivity index (χ4v) is 1.54. The predicted molar refractivity (Wildman–Crippen MR) is 66.6 cm³/mol. The molecule has 0 fully saturated rings.